The van der Waals surface area contributed by atoms with Crippen LogP contribution in [-0.2, 0) is 10.0 Å². The second kappa shape index (κ2) is 7.18. The van der Waals surface area contributed by atoms with Crippen LogP contribution in [0.15, 0.2) is 29.6 Å². The summed E-state index contributed by atoms with van der Waals surface area (Å²) >= 11 is 0. The molecule has 1 N–H and O–H groups in total. The fraction of sp³-hybridized carbons (Fsp3) is 0.538. The molecule has 0 bridgehead atoms. The Morgan fingerprint density at radius 2 is 2.09 bits per heavy atom. The molecule has 1 atom stereocenters. The van der Waals surface area contributed by atoms with E-state index in [2.05, 4.69) is 14.9 Å². The number of halogens is 2. The van der Waals surface area contributed by atoms with Gasteiger partial charge in [-0.15, -0.1) is 0 Å². The maximum Gasteiger partial charge on any atom is 0.333 e. The van der Waals surface area contributed by atoms with Crippen molar-refractivity contribution >= 4 is 10.0 Å². The summed E-state index contributed by atoms with van der Waals surface area (Å²) in [7, 11) is -3.87. The Balaban J connectivity index is 2.02. The Morgan fingerprint density at radius 1 is 1.35 bits per heavy atom. The van der Waals surface area contributed by atoms with Crippen molar-refractivity contribution < 1.29 is 17.2 Å². The van der Waals surface area contributed by atoms with Gasteiger partial charge in [-0.25, -0.2) is 17.8 Å². The summed E-state index contributed by atoms with van der Waals surface area (Å²) in [5.74, 6) is 0. The van der Waals surface area contributed by atoms with Gasteiger partial charge in [-0.3, -0.25) is 4.68 Å². The highest BCUT2D eigenvalue weighted by molar-refractivity contribution is 7.89. The highest BCUT2D eigenvalue weighted by atomic mass is 32.2. The molecule has 2 heterocycles. The molecule has 0 aliphatic heterocycles. The molecular formula is C13H19F2N5O2S. The fourth-order valence-corrected chi connectivity index (χ4v) is 3.54. The van der Waals surface area contributed by atoms with Crippen molar-refractivity contribution in [3.63, 3.8) is 0 Å². The van der Waals surface area contributed by atoms with Crippen LogP contribution in [-0.4, -0.2) is 34.5 Å². The van der Waals surface area contributed by atoms with Crippen LogP contribution in [0, 0.1) is 6.92 Å². The largest absolute Gasteiger partial charge is 0.333 e. The average molecular weight is 347 g/mol. The molecule has 2 aromatic heterocycles. The van der Waals surface area contributed by atoms with E-state index >= 15 is 0 Å². The van der Waals surface area contributed by atoms with Crippen LogP contribution in [0.25, 0.3) is 0 Å². The molecule has 0 aliphatic carbocycles. The van der Waals surface area contributed by atoms with Gasteiger partial charge in [-0.2, -0.15) is 19.0 Å². The Labute approximate surface area is 133 Å². The topological polar surface area (TPSA) is 81.8 Å². The summed E-state index contributed by atoms with van der Waals surface area (Å²) in [6.45, 7) is 0.590. The minimum Gasteiger partial charge on any atom is -0.270 e. The van der Waals surface area contributed by atoms with E-state index in [1.165, 1.54) is 6.92 Å². The van der Waals surface area contributed by atoms with Crippen LogP contribution in [0.2, 0.25) is 0 Å². The summed E-state index contributed by atoms with van der Waals surface area (Å²) in [6, 6.07) is 1.87. The van der Waals surface area contributed by atoms with E-state index in [-0.39, 0.29) is 23.2 Å². The molecule has 0 spiro atoms. The second-order valence-corrected chi connectivity index (χ2v) is 6.79. The van der Waals surface area contributed by atoms with Crippen molar-refractivity contribution in [3.8, 4) is 0 Å². The van der Waals surface area contributed by atoms with Gasteiger partial charge in [-0.1, -0.05) is 6.92 Å². The third-order valence-corrected chi connectivity index (χ3v) is 5.18. The first kappa shape index (κ1) is 17.5. The number of rotatable bonds is 8. The Kier molecular flexibility index (Phi) is 5.47. The molecule has 23 heavy (non-hydrogen) atoms. The molecule has 10 heteroatoms. The predicted octanol–water partition coefficient (Wildman–Crippen LogP) is 2.10. The number of alkyl halides is 2. The summed E-state index contributed by atoms with van der Waals surface area (Å²) in [5.41, 5.74) is -0.0911. The lowest BCUT2D eigenvalue weighted by Crippen LogP contribution is -2.27. The summed E-state index contributed by atoms with van der Waals surface area (Å²) in [5, 5.41) is 7.56. The van der Waals surface area contributed by atoms with E-state index in [4.69, 9.17) is 0 Å². The van der Waals surface area contributed by atoms with Gasteiger partial charge in [0.2, 0.25) is 10.0 Å². The van der Waals surface area contributed by atoms with Crippen molar-refractivity contribution in [2.45, 2.75) is 44.2 Å². The van der Waals surface area contributed by atoms with Gasteiger partial charge in [0.15, 0.2) is 0 Å². The zero-order valence-corrected chi connectivity index (χ0v) is 13.7. The number of hydrogen-bond donors (Lipinski definition) is 1. The fourth-order valence-electron chi connectivity index (χ4n) is 2.33. The number of sulfonamides is 1. The van der Waals surface area contributed by atoms with Crippen molar-refractivity contribution in [1.29, 1.82) is 0 Å². The van der Waals surface area contributed by atoms with Gasteiger partial charge in [0.05, 0.1) is 17.9 Å². The summed E-state index contributed by atoms with van der Waals surface area (Å²) < 4.78 is 54.3. The van der Waals surface area contributed by atoms with E-state index in [9.17, 15) is 17.2 Å². The monoisotopic (exact) mass is 347 g/mol. The van der Waals surface area contributed by atoms with Crippen LogP contribution in [0.3, 0.4) is 0 Å². The molecule has 0 saturated heterocycles. The Hall–Kier alpha value is -1.81. The van der Waals surface area contributed by atoms with E-state index < -0.39 is 16.6 Å². The SMILES string of the molecule is CC[C@@H](CCNS(=O)(=O)c1cnn(C(F)F)c1C)n1cccn1. The standard InChI is InChI=1S/C13H19F2N5O2S/c1-3-11(19-8-4-6-16-19)5-7-18-23(21,22)12-9-17-20(10(12)2)13(14)15/h4,6,8-9,11,13,18H,3,5,7H2,1-2H3/t11-/m0/s1. The van der Waals surface area contributed by atoms with Crippen molar-refractivity contribution in [2.24, 2.45) is 0 Å². The van der Waals surface area contributed by atoms with Crippen LogP contribution in [0.1, 0.15) is 38.1 Å². The highest BCUT2D eigenvalue weighted by Gasteiger charge is 2.23. The van der Waals surface area contributed by atoms with Crippen LogP contribution < -0.4 is 4.72 Å². The van der Waals surface area contributed by atoms with E-state index in [1.54, 1.807) is 16.9 Å². The lowest BCUT2D eigenvalue weighted by Gasteiger charge is -2.15. The van der Waals surface area contributed by atoms with Crippen LogP contribution in [0.4, 0.5) is 8.78 Å². The highest BCUT2D eigenvalue weighted by Crippen LogP contribution is 2.20. The van der Waals surface area contributed by atoms with Crippen LogP contribution in [0.5, 0.6) is 0 Å². The van der Waals surface area contributed by atoms with Gasteiger partial charge in [-0.05, 0) is 25.8 Å². The molecule has 0 amide bonds. The average Bonchev–Trinajstić information content (AvgIpc) is 3.13. The molecule has 0 aliphatic rings. The van der Waals surface area contributed by atoms with Crippen molar-refractivity contribution in [3.05, 3.63) is 30.4 Å². The molecule has 0 unspecified atom stereocenters. The normalized spacial score (nSPS) is 13.6. The van der Waals surface area contributed by atoms with Gasteiger partial charge >= 0.3 is 6.55 Å². The van der Waals surface area contributed by atoms with E-state index in [0.29, 0.717) is 11.1 Å². The number of aromatic nitrogens is 4. The summed E-state index contributed by atoms with van der Waals surface area (Å²) in [4.78, 5) is -0.232. The van der Waals surface area contributed by atoms with Gasteiger partial charge in [0.1, 0.15) is 4.90 Å². The molecule has 2 rings (SSSR count). The maximum atomic E-state index is 12.7. The van der Waals surface area contributed by atoms with E-state index in [1.807, 2.05) is 13.1 Å². The van der Waals surface area contributed by atoms with Gasteiger partial charge in [0, 0.05) is 18.9 Å². The lowest BCUT2D eigenvalue weighted by atomic mass is 10.1. The molecule has 0 aromatic carbocycles. The van der Waals surface area contributed by atoms with Crippen LogP contribution >= 0.6 is 0 Å². The number of nitrogens with one attached hydrogen (secondary N) is 1. The summed E-state index contributed by atoms with van der Waals surface area (Å²) in [6.07, 6.45) is 5.76. The Morgan fingerprint density at radius 3 is 2.61 bits per heavy atom. The zero-order valence-electron chi connectivity index (χ0n) is 12.9. The first-order valence-electron chi connectivity index (χ1n) is 7.18. The minimum absolute atomic E-state index is 0.0672. The maximum absolute atomic E-state index is 12.7. The van der Waals surface area contributed by atoms with E-state index in [0.717, 1.165) is 12.6 Å². The third kappa shape index (κ3) is 3.94. The first-order chi connectivity index (χ1) is 10.9. The first-order valence-corrected chi connectivity index (χ1v) is 8.66. The van der Waals surface area contributed by atoms with Gasteiger partial charge in [0.25, 0.3) is 0 Å². The third-order valence-electron chi connectivity index (χ3n) is 3.61. The molecule has 128 valence electrons. The molecule has 2 aromatic rings. The quantitative estimate of drug-likeness (QED) is 0.793. The molecular weight excluding hydrogens is 328 g/mol. The lowest BCUT2D eigenvalue weighted by molar-refractivity contribution is 0.0541. The Bertz CT molecular complexity index is 728. The number of nitrogens with zero attached hydrogens (tertiary/aromatic N) is 4. The molecule has 0 saturated carbocycles. The predicted molar refractivity (Wildman–Crippen MR) is 79.6 cm³/mol. The number of hydrogen-bond acceptors (Lipinski definition) is 4. The van der Waals surface area contributed by atoms with Crippen molar-refractivity contribution in [1.82, 2.24) is 24.3 Å². The van der Waals surface area contributed by atoms with Crippen molar-refractivity contribution in [2.75, 3.05) is 6.54 Å². The molecule has 0 fully saturated rings. The van der Waals surface area contributed by atoms with Gasteiger partial charge < -0.3 is 0 Å². The smallest absolute Gasteiger partial charge is 0.270 e. The second-order valence-electron chi connectivity index (χ2n) is 5.05. The minimum atomic E-state index is -3.87. The molecule has 0 radical (unpaired) electrons. The molecule has 7 nitrogen and oxygen atoms in total. The zero-order chi connectivity index (χ0) is 17.0.